The van der Waals surface area contributed by atoms with Gasteiger partial charge in [-0.3, -0.25) is 0 Å². The second-order valence-electron chi connectivity index (χ2n) is 6.91. The van der Waals surface area contributed by atoms with Gasteiger partial charge < -0.3 is 4.98 Å². The first-order valence-corrected chi connectivity index (χ1v) is 8.77. The van der Waals surface area contributed by atoms with Crippen LogP contribution in [-0.2, 0) is 0 Å². The highest BCUT2D eigenvalue weighted by Crippen LogP contribution is 2.27. The van der Waals surface area contributed by atoms with Gasteiger partial charge in [0, 0.05) is 0 Å². The minimum Gasteiger partial charge on any atom is -0.342 e. The number of rotatable bonds is 3. The van der Waals surface area contributed by atoms with Crippen molar-refractivity contribution in [3.63, 3.8) is 0 Å². The van der Waals surface area contributed by atoms with Crippen LogP contribution in [0.4, 0.5) is 0 Å². The molecule has 2 nitrogen and oxygen atoms in total. The average Bonchev–Trinajstić information content (AvgIpc) is 3.01. The maximum atomic E-state index is 4.47. The highest BCUT2D eigenvalue weighted by atomic mass is 14.9. The van der Waals surface area contributed by atoms with Crippen LogP contribution in [0.5, 0.6) is 0 Å². The van der Waals surface area contributed by atoms with Crippen molar-refractivity contribution >= 4 is 11.0 Å². The van der Waals surface area contributed by atoms with Gasteiger partial charge in [0.25, 0.3) is 0 Å². The highest BCUT2D eigenvalue weighted by Gasteiger charge is 2.05. The Bertz CT molecular complexity index is 1010. The van der Waals surface area contributed by atoms with E-state index in [-0.39, 0.29) is 0 Å². The number of fused-ring (bicyclic) bond motifs is 1. The Morgan fingerprint density at radius 1 is 0.720 bits per heavy atom. The molecular weight excluding hydrogens is 304 g/mol. The number of imidazole rings is 1. The van der Waals surface area contributed by atoms with Gasteiger partial charge >= 0.3 is 0 Å². The lowest BCUT2D eigenvalue weighted by atomic mass is 9.97. The van der Waals surface area contributed by atoms with Gasteiger partial charge in [-0.05, 0) is 52.8 Å². The standard InChI is InChI=1S/C23H22N2/c1-15(2)17-4-6-18(7-5-17)19-8-10-20(11-9-19)21-12-13-22-23(14-21)25-16(3)24-22/h4-15H,1-3H3,(H,24,25). The number of benzene rings is 3. The third kappa shape index (κ3) is 3.08. The molecule has 4 aromatic rings. The minimum absolute atomic E-state index is 0.567. The van der Waals surface area contributed by atoms with Crippen LogP contribution < -0.4 is 0 Å². The number of H-pyrrole nitrogens is 1. The van der Waals surface area contributed by atoms with Crippen molar-refractivity contribution in [1.29, 1.82) is 0 Å². The molecule has 0 saturated carbocycles. The molecule has 0 bridgehead atoms. The fourth-order valence-electron chi connectivity index (χ4n) is 3.23. The van der Waals surface area contributed by atoms with Gasteiger partial charge in [0.2, 0.25) is 0 Å². The van der Waals surface area contributed by atoms with Crippen LogP contribution in [-0.4, -0.2) is 9.97 Å². The zero-order chi connectivity index (χ0) is 17.4. The molecule has 0 aliphatic heterocycles. The van der Waals surface area contributed by atoms with E-state index in [1.807, 2.05) is 6.92 Å². The smallest absolute Gasteiger partial charge is 0.104 e. The Morgan fingerprint density at radius 2 is 1.24 bits per heavy atom. The molecule has 124 valence electrons. The van der Waals surface area contributed by atoms with Crippen LogP contribution in [0, 0.1) is 6.92 Å². The predicted molar refractivity (Wildman–Crippen MR) is 106 cm³/mol. The van der Waals surface area contributed by atoms with E-state index >= 15 is 0 Å². The average molecular weight is 326 g/mol. The summed E-state index contributed by atoms with van der Waals surface area (Å²) in [5, 5.41) is 0. The Hall–Kier alpha value is -2.87. The number of aromatic amines is 1. The van der Waals surface area contributed by atoms with E-state index < -0.39 is 0 Å². The first kappa shape index (κ1) is 15.6. The lowest BCUT2D eigenvalue weighted by molar-refractivity contribution is 0.867. The number of aromatic nitrogens is 2. The van der Waals surface area contributed by atoms with Crippen molar-refractivity contribution in [3.8, 4) is 22.3 Å². The summed E-state index contributed by atoms with van der Waals surface area (Å²) < 4.78 is 0. The normalized spacial score (nSPS) is 11.4. The van der Waals surface area contributed by atoms with Crippen LogP contribution in [0.25, 0.3) is 33.3 Å². The highest BCUT2D eigenvalue weighted by molar-refractivity contribution is 5.82. The minimum atomic E-state index is 0.567. The van der Waals surface area contributed by atoms with Crippen molar-refractivity contribution < 1.29 is 0 Å². The summed E-state index contributed by atoms with van der Waals surface area (Å²) in [4.78, 5) is 7.77. The van der Waals surface area contributed by atoms with Gasteiger partial charge in [-0.2, -0.15) is 0 Å². The first-order valence-electron chi connectivity index (χ1n) is 8.77. The Labute approximate surface area is 148 Å². The van der Waals surface area contributed by atoms with E-state index in [1.165, 1.54) is 27.8 Å². The van der Waals surface area contributed by atoms with Gasteiger partial charge in [0.1, 0.15) is 5.82 Å². The van der Waals surface area contributed by atoms with Crippen molar-refractivity contribution in [3.05, 3.63) is 78.1 Å². The molecule has 0 spiro atoms. The topological polar surface area (TPSA) is 28.7 Å². The third-order valence-corrected chi connectivity index (χ3v) is 4.73. The Morgan fingerprint density at radius 3 is 1.84 bits per heavy atom. The molecule has 4 rings (SSSR count). The van der Waals surface area contributed by atoms with Crippen LogP contribution >= 0.6 is 0 Å². The van der Waals surface area contributed by atoms with Gasteiger partial charge in [-0.15, -0.1) is 0 Å². The number of aryl methyl sites for hydroxylation is 1. The van der Waals surface area contributed by atoms with Crippen LogP contribution in [0.1, 0.15) is 31.2 Å². The van der Waals surface area contributed by atoms with E-state index in [4.69, 9.17) is 0 Å². The molecule has 0 aliphatic carbocycles. The molecule has 2 heteroatoms. The second kappa shape index (κ2) is 6.21. The van der Waals surface area contributed by atoms with E-state index in [9.17, 15) is 0 Å². The quantitative estimate of drug-likeness (QED) is 0.468. The monoisotopic (exact) mass is 326 g/mol. The molecule has 0 fully saturated rings. The molecule has 0 aliphatic rings. The molecular formula is C23H22N2. The summed E-state index contributed by atoms with van der Waals surface area (Å²) in [5.74, 6) is 1.52. The third-order valence-electron chi connectivity index (χ3n) is 4.73. The first-order chi connectivity index (χ1) is 12.1. The molecule has 3 aromatic carbocycles. The van der Waals surface area contributed by atoms with Gasteiger partial charge in [-0.1, -0.05) is 68.4 Å². The summed E-state index contributed by atoms with van der Waals surface area (Å²) in [6.07, 6.45) is 0. The second-order valence-corrected chi connectivity index (χ2v) is 6.91. The molecule has 0 atom stereocenters. The molecule has 25 heavy (non-hydrogen) atoms. The zero-order valence-corrected chi connectivity index (χ0v) is 14.9. The summed E-state index contributed by atoms with van der Waals surface area (Å²) in [6.45, 7) is 6.43. The number of nitrogens with zero attached hydrogens (tertiary/aromatic N) is 1. The Kier molecular flexibility index (Phi) is 3.89. The lowest BCUT2D eigenvalue weighted by Gasteiger charge is -2.08. The van der Waals surface area contributed by atoms with Crippen molar-refractivity contribution in [2.45, 2.75) is 26.7 Å². The largest absolute Gasteiger partial charge is 0.342 e. The SMILES string of the molecule is Cc1nc2ccc(-c3ccc(-c4ccc(C(C)C)cc4)cc3)cc2[nH]1. The molecule has 1 aromatic heterocycles. The predicted octanol–water partition coefficient (Wildman–Crippen LogP) is 6.33. The molecule has 0 saturated heterocycles. The summed E-state index contributed by atoms with van der Waals surface area (Å²) in [6, 6.07) is 24.0. The van der Waals surface area contributed by atoms with Gasteiger partial charge in [-0.25, -0.2) is 4.98 Å². The molecule has 1 heterocycles. The number of nitrogens with one attached hydrogen (secondary N) is 1. The lowest BCUT2D eigenvalue weighted by Crippen LogP contribution is -1.87. The van der Waals surface area contributed by atoms with Crippen molar-refractivity contribution in [2.24, 2.45) is 0 Å². The fraction of sp³-hybridized carbons (Fsp3) is 0.174. The number of hydrogen-bond donors (Lipinski definition) is 1. The van der Waals surface area contributed by atoms with Crippen molar-refractivity contribution in [2.75, 3.05) is 0 Å². The fourth-order valence-corrected chi connectivity index (χ4v) is 3.23. The maximum absolute atomic E-state index is 4.47. The molecule has 0 amide bonds. The van der Waals surface area contributed by atoms with Crippen LogP contribution in [0.15, 0.2) is 66.7 Å². The molecule has 1 N–H and O–H groups in total. The summed E-state index contributed by atoms with van der Waals surface area (Å²) in [7, 11) is 0. The molecule has 0 radical (unpaired) electrons. The van der Waals surface area contributed by atoms with E-state index in [2.05, 4.69) is 90.5 Å². The van der Waals surface area contributed by atoms with Crippen LogP contribution in [0.3, 0.4) is 0 Å². The van der Waals surface area contributed by atoms with Gasteiger partial charge in [0.05, 0.1) is 11.0 Å². The van der Waals surface area contributed by atoms with E-state index in [0.29, 0.717) is 5.92 Å². The zero-order valence-electron chi connectivity index (χ0n) is 14.9. The van der Waals surface area contributed by atoms with Crippen LogP contribution in [0.2, 0.25) is 0 Å². The van der Waals surface area contributed by atoms with E-state index in [1.54, 1.807) is 0 Å². The summed E-state index contributed by atoms with van der Waals surface area (Å²) in [5.41, 5.74) is 8.41. The van der Waals surface area contributed by atoms with Gasteiger partial charge in [0.15, 0.2) is 0 Å². The van der Waals surface area contributed by atoms with Crippen molar-refractivity contribution in [1.82, 2.24) is 9.97 Å². The number of hydrogen-bond acceptors (Lipinski definition) is 1. The molecule has 0 unspecified atom stereocenters. The maximum Gasteiger partial charge on any atom is 0.104 e. The van der Waals surface area contributed by atoms with E-state index in [0.717, 1.165) is 16.9 Å². The Balaban J connectivity index is 1.64. The summed E-state index contributed by atoms with van der Waals surface area (Å²) >= 11 is 0.